The van der Waals surface area contributed by atoms with Gasteiger partial charge in [-0.2, -0.15) is 0 Å². The van der Waals surface area contributed by atoms with E-state index < -0.39 is 9.84 Å². The number of sulfone groups is 1. The molecule has 31 heavy (non-hydrogen) atoms. The zero-order valence-electron chi connectivity index (χ0n) is 18.7. The number of amides is 2. The summed E-state index contributed by atoms with van der Waals surface area (Å²) in [5.41, 5.74) is -0.335. The lowest BCUT2D eigenvalue weighted by Gasteiger charge is -2.25. The Hall–Kier alpha value is -1.89. The summed E-state index contributed by atoms with van der Waals surface area (Å²) >= 11 is 0. The van der Waals surface area contributed by atoms with Gasteiger partial charge in [0.15, 0.2) is 9.84 Å². The molecule has 1 atom stereocenters. The number of imide groups is 1. The number of hydrogen-bond acceptors (Lipinski definition) is 5. The number of piperidine rings is 1. The van der Waals surface area contributed by atoms with Crippen molar-refractivity contribution >= 4 is 21.7 Å². The van der Waals surface area contributed by atoms with Crippen LogP contribution in [0.3, 0.4) is 0 Å². The fraction of sp³-hybridized carbons (Fsp3) is 0.667. The van der Waals surface area contributed by atoms with Crippen molar-refractivity contribution < 1.29 is 22.7 Å². The molecular formula is C24H35NO5S. The fourth-order valence-corrected chi connectivity index (χ4v) is 6.03. The van der Waals surface area contributed by atoms with Crippen LogP contribution >= 0.6 is 0 Å². The van der Waals surface area contributed by atoms with Crippen molar-refractivity contribution in [2.75, 3.05) is 12.4 Å². The molecule has 1 heterocycles. The third-order valence-electron chi connectivity index (χ3n) is 6.19. The number of rotatable bonds is 12. The standard InChI is InChI=1S/C24H35NO5S/c1-24(2,14-5-3-4-7-19-12-13-22(26)25-23(19)27)17-31(28,29)21-9-6-8-20(15-21)30-16-18-10-11-18/h6,8-9,15,18-19H,3-5,7,10-14,16-17H2,1-2H3,(H,25,26,27). The molecule has 0 bridgehead atoms. The van der Waals surface area contributed by atoms with E-state index in [0.717, 1.165) is 32.1 Å². The number of ether oxygens (including phenoxy) is 1. The van der Waals surface area contributed by atoms with Gasteiger partial charge in [-0.05, 0) is 61.6 Å². The van der Waals surface area contributed by atoms with Crippen LogP contribution in [0, 0.1) is 17.3 Å². The minimum Gasteiger partial charge on any atom is -0.493 e. The molecule has 3 rings (SSSR count). The monoisotopic (exact) mass is 449 g/mol. The average molecular weight is 450 g/mol. The van der Waals surface area contributed by atoms with E-state index in [-0.39, 0.29) is 28.9 Å². The predicted molar refractivity (Wildman–Crippen MR) is 119 cm³/mol. The second-order valence-corrected chi connectivity index (χ2v) is 11.9. The molecule has 0 aromatic heterocycles. The molecule has 6 nitrogen and oxygen atoms in total. The topological polar surface area (TPSA) is 89.5 Å². The largest absolute Gasteiger partial charge is 0.493 e. The van der Waals surface area contributed by atoms with Crippen LogP contribution in [-0.2, 0) is 19.4 Å². The first-order valence-corrected chi connectivity index (χ1v) is 13.1. The van der Waals surface area contributed by atoms with Crippen LogP contribution in [0.5, 0.6) is 5.75 Å². The van der Waals surface area contributed by atoms with E-state index in [1.807, 2.05) is 19.9 Å². The molecule has 0 spiro atoms. The van der Waals surface area contributed by atoms with Crippen molar-refractivity contribution in [1.29, 1.82) is 0 Å². The quantitative estimate of drug-likeness (QED) is 0.380. The van der Waals surface area contributed by atoms with Gasteiger partial charge in [-0.15, -0.1) is 0 Å². The molecule has 7 heteroatoms. The van der Waals surface area contributed by atoms with Crippen LogP contribution in [-0.4, -0.2) is 32.6 Å². The molecule has 1 aromatic carbocycles. The third-order valence-corrected chi connectivity index (χ3v) is 8.32. The first kappa shape index (κ1) is 23.8. The summed E-state index contributed by atoms with van der Waals surface area (Å²) in [5, 5.41) is 2.40. The maximum Gasteiger partial charge on any atom is 0.229 e. The van der Waals surface area contributed by atoms with E-state index in [2.05, 4.69) is 5.32 Å². The van der Waals surface area contributed by atoms with Gasteiger partial charge in [0.1, 0.15) is 5.75 Å². The molecule has 1 unspecified atom stereocenters. The second-order valence-electron chi connectivity index (χ2n) is 9.90. The average Bonchev–Trinajstić information content (AvgIpc) is 3.51. The maximum atomic E-state index is 13.0. The fourth-order valence-electron chi connectivity index (χ4n) is 4.11. The molecule has 2 aliphatic rings. The van der Waals surface area contributed by atoms with Gasteiger partial charge < -0.3 is 4.74 Å². The first-order valence-electron chi connectivity index (χ1n) is 11.4. The van der Waals surface area contributed by atoms with Gasteiger partial charge in [0, 0.05) is 12.3 Å². The van der Waals surface area contributed by atoms with Gasteiger partial charge in [-0.1, -0.05) is 39.2 Å². The van der Waals surface area contributed by atoms with Crippen molar-refractivity contribution in [2.24, 2.45) is 17.3 Å². The first-order chi connectivity index (χ1) is 14.6. The van der Waals surface area contributed by atoms with Gasteiger partial charge in [-0.3, -0.25) is 14.9 Å². The molecule has 1 saturated carbocycles. The Morgan fingerprint density at radius 2 is 1.87 bits per heavy atom. The highest BCUT2D eigenvalue weighted by Gasteiger charge is 2.29. The van der Waals surface area contributed by atoms with Crippen molar-refractivity contribution in [3.05, 3.63) is 24.3 Å². The maximum absolute atomic E-state index is 13.0. The second kappa shape index (κ2) is 10.2. The SMILES string of the molecule is CC(C)(CCCCCC1CCC(=O)NC1=O)CS(=O)(=O)c1cccc(OCC2CC2)c1. The zero-order valence-corrected chi connectivity index (χ0v) is 19.5. The number of carbonyl (C=O) groups is 2. The highest BCUT2D eigenvalue weighted by Crippen LogP contribution is 2.32. The summed E-state index contributed by atoms with van der Waals surface area (Å²) in [5.74, 6) is 0.948. The molecule has 1 aromatic rings. The number of nitrogens with one attached hydrogen (secondary N) is 1. The number of hydrogen-bond donors (Lipinski definition) is 1. The molecule has 0 radical (unpaired) electrons. The van der Waals surface area contributed by atoms with Crippen molar-refractivity contribution in [2.45, 2.75) is 76.5 Å². The minimum atomic E-state index is -3.40. The summed E-state index contributed by atoms with van der Waals surface area (Å²) in [6.45, 7) is 4.66. The van der Waals surface area contributed by atoms with Crippen LogP contribution < -0.4 is 10.1 Å². The van der Waals surface area contributed by atoms with Gasteiger partial charge in [-0.25, -0.2) is 8.42 Å². The minimum absolute atomic E-state index is 0.0690. The Labute approximate surface area is 186 Å². The van der Waals surface area contributed by atoms with Crippen LogP contribution in [0.4, 0.5) is 0 Å². The molecular weight excluding hydrogens is 414 g/mol. The molecule has 2 fully saturated rings. The van der Waals surface area contributed by atoms with Crippen molar-refractivity contribution in [3.63, 3.8) is 0 Å². The number of carbonyl (C=O) groups excluding carboxylic acids is 2. The Balaban J connectivity index is 1.43. The van der Waals surface area contributed by atoms with Gasteiger partial charge in [0.25, 0.3) is 0 Å². The van der Waals surface area contributed by atoms with E-state index in [1.165, 1.54) is 12.8 Å². The van der Waals surface area contributed by atoms with E-state index >= 15 is 0 Å². The normalized spacial score (nSPS) is 19.9. The van der Waals surface area contributed by atoms with Gasteiger partial charge >= 0.3 is 0 Å². The number of unbranched alkanes of at least 4 members (excludes halogenated alkanes) is 2. The Morgan fingerprint density at radius 3 is 2.58 bits per heavy atom. The lowest BCUT2D eigenvalue weighted by atomic mass is 9.87. The Kier molecular flexibility index (Phi) is 7.78. The smallest absolute Gasteiger partial charge is 0.229 e. The molecule has 1 aliphatic carbocycles. The molecule has 1 aliphatic heterocycles. The van der Waals surface area contributed by atoms with Gasteiger partial charge in [0.05, 0.1) is 17.3 Å². The highest BCUT2D eigenvalue weighted by atomic mass is 32.2. The Morgan fingerprint density at radius 1 is 1.10 bits per heavy atom. The molecule has 2 amide bonds. The van der Waals surface area contributed by atoms with E-state index in [4.69, 9.17) is 4.74 Å². The summed E-state index contributed by atoms with van der Waals surface area (Å²) in [6, 6.07) is 6.86. The van der Waals surface area contributed by atoms with E-state index in [9.17, 15) is 18.0 Å². The predicted octanol–water partition coefficient (Wildman–Crippen LogP) is 4.28. The third kappa shape index (κ3) is 7.63. The molecule has 172 valence electrons. The van der Waals surface area contributed by atoms with Crippen molar-refractivity contribution in [1.82, 2.24) is 5.32 Å². The zero-order chi connectivity index (χ0) is 22.5. The lowest BCUT2D eigenvalue weighted by Crippen LogP contribution is -2.40. The van der Waals surface area contributed by atoms with Gasteiger partial charge in [0.2, 0.25) is 11.8 Å². The summed E-state index contributed by atoms with van der Waals surface area (Å²) in [6.07, 6.45) is 7.82. The lowest BCUT2D eigenvalue weighted by molar-refractivity contribution is -0.136. The van der Waals surface area contributed by atoms with Crippen LogP contribution in [0.25, 0.3) is 0 Å². The summed E-state index contributed by atoms with van der Waals surface area (Å²) < 4.78 is 31.7. The highest BCUT2D eigenvalue weighted by molar-refractivity contribution is 7.91. The number of benzene rings is 1. The van der Waals surface area contributed by atoms with Crippen LogP contribution in [0.1, 0.15) is 71.6 Å². The van der Waals surface area contributed by atoms with Crippen LogP contribution in [0.2, 0.25) is 0 Å². The van der Waals surface area contributed by atoms with Crippen LogP contribution in [0.15, 0.2) is 29.2 Å². The van der Waals surface area contributed by atoms with Crippen molar-refractivity contribution in [3.8, 4) is 5.75 Å². The summed E-state index contributed by atoms with van der Waals surface area (Å²) in [4.78, 5) is 23.4. The summed E-state index contributed by atoms with van der Waals surface area (Å²) in [7, 11) is -3.40. The van der Waals surface area contributed by atoms with E-state index in [0.29, 0.717) is 36.0 Å². The molecule has 1 N–H and O–H groups in total. The Bertz CT molecular complexity index is 889. The van der Waals surface area contributed by atoms with E-state index in [1.54, 1.807) is 18.2 Å². The molecule has 1 saturated heterocycles.